The molecule has 8 heteroatoms. The van der Waals surface area contributed by atoms with Crippen LogP contribution in [-0.2, 0) is 22.2 Å². The van der Waals surface area contributed by atoms with Crippen LogP contribution >= 0.6 is 0 Å². The first-order valence-electron chi connectivity index (χ1n) is 10.4. The van der Waals surface area contributed by atoms with Gasteiger partial charge in [0.1, 0.15) is 6.04 Å². The Morgan fingerprint density at radius 3 is 1.88 bits per heavy atom. The Balaban J connectivity index is 1.62. The average Bonchev–Trinajstić information content (AvgIpc) is 2.82. The van der Waals surface area contributed by atoms with Crippen LogP contribution in [0.25, 0.3) is 21.5 Å². The van der Waals surface area contributed by atoms with Gasteiger partial charge in [0.15, 0.2) is 6.10 Å². The molecule has 34 heavy (non-hydrogen) atoms. The molecule has 0 fully saturated rings. The molecule has 0 aromatic heterocycles. The zero-order chi connectivity index (χ0) is 24.5. The summed E-state index contributed by atoms with van der Waals surface area (Å²) in [4.78, 5) is 24.6. The number of carboxylic acid groups (broad SMARTS) is 1. The lowest BCUT2D eigenvalue weighted by Crippen LogP contribution is -2.44. The molecule has 5 nitrogen and oxygen atoms in total. The van der Waals surface area contributed by atoms with Crippen molar-refractivity contribution in [3.8, 4) is 0 Å². The number of alkyl halides is 3. The molecule has 0 aliphatic rings. The van der Waals surface area contributed by atoms with E-state index in [-0.39, 0.29) is 12.0 Å². The van der Waals surface area contributed by atoms with E-state index in [4.69, 9.17) is 0 Å². The second-order valence-electron chi connectivity index (χ2n) is 7.92. The molecule has 4 aromatic carbocycles. The van der Waals surface area contributed by atoms with E-state index in [1.165, 1.54) is 0 Å². The highest BCUT2D eigenvalue weighted by Crippen LogP contribution is 2.31. The highest BCUT2D eigenvalue weighted by Gasteiger charge is 2.31. The van der Waals surface area contributed by atoms with Crippen LogP contribution in [0.4, 0.5) is 13.2 Å². The van der Waals surface area contributed by atoms with Crippen LogP contribution in [0.15, 0.2) is 78.9 Å². The van der Waals surface area contributed by atoms with Gasteiger partial charge < -0.3 is 15.5 Å². The van der Waals surface area contributed by atoms with Gasteiger partial charge in [-0.2, -0.15) is 13.2 Å². The van der Waals surface area contributed by atoms with Crippen molar-refractivity contribution >= 4 is 33.4 Å². The molecule has 0 saturated heterocycles. The van der Waals surface area contributed by atoms with Crippen molar-refractivity contribution in [1.82, 2.24) is 5.32 Å². The number of carbonyl (C=O) groups is 2. The van der Waals surface area contributed by atoms with Crippen molar-refractivity contribution in [3.05, 3.63) is 95.6 Å². The third kappa shape index (κ3) is 4.72. The van der Waals surface area contributed by atoms with Gasteiger partial charge in [-0.3, -0.25) is 4.79 Å². The minimum atomic E-state index is -4.55. The van der Waals surface area contributed by atoms with Gasteiger partial charge in [0.25, 0.3) is 5.91 Å². The van der Waals surface area contributed by atoms with Crippen molar-refractivity contribution in [2.75, 3.05) is 0 Å². The lowest BCUT2D eigenvalue weighted by molar-refractivity contribution is -0.143. The Morgan fingerprint density at radius 1 is 0.853 bits per heavy atom. The molecule has 4 aromatic rings. The molecule has 2 atom stereocenters. The van der Waals surface area contributed by atoms with Crippen LogP contribution in [0.2, 0.25) is 0 Å². The molecule has 0 saturated carbocycles. The summed E-state index contributed by atoms with van der Waals surface area (Å²) in [7, 11) is 0. The highest BCUT2D eigenvalue weighted by atomic mass is 19.4. The number of hydrogen-bond donors (Lipinski definition) is 3. The summed E-state index contributed by atoms with van der Waals surface area (Å²) < 4.78 is 38.3. The number of rotatable bonds is 6. The molecular formula is C26H20F3NO4. The quantitative estimate of drug-likeness (QED) is 0.354. The number of benzene rings is 4. The van der Waals surface area contributed by atoms with Gasteiger partial charge in [-0.05, 0) is 50.9 Å². The number of halogens is 3. The molecule has 174 valence electrons. The maximum Gasteiger partial charge on any atom is 0.416 e. The maximum absolute atomic E-state index is 12.8. The van der Waals surface area contributed by atoms with E-state index in [0.717, 1.165) is 51.4 Å². The summed E-state index contributed by atoms with van der Waals surface area (Å²) in [6.07, 6.45) is -6.43. The summed E-state index contributed by atoms with van der Waals surface area (Å²) >= 11 is 0. The van der Waals surface area contributed by atoms with Crippen LogP contribution in [-0.4, -0.2) is 28.1 Å². The first kappa shape index (κ1) is 23.3. The maximum atomic E-state index is 12.8. The first-order chi connectivity index (χ1) is 16.1. The fourth-order valence-electron chi connectivity index (χ4n) is 3.99. The molecule has 0 unspecified atom stereocenters. The Labute approximate surface area is 192 Å². The molecular weight excluding hydrogens is 447 g/mol. The molecule has 0 radical (unpaired) electrons. The summed E-state index contributed by atoms with van der Waals surface area (Å²) in [6, 6.07) is 19.1. The largest absolute Gasteiger partial charge is 0.480 e. The summed E-state index contributed by atoms with van der Waals surface area (Å²) in [5.74, 6) is -2.32. The van der Waals surface area contributed by atoms with Crippen LogP contribution in [0.1, 0.15) is 22.8 Å². The predicted molar refractivity (Wildman–Crippen MR) is 121 cm³/mol. The molecule has 4 rings (SSSR count). The second-order valence-corrected chi connectivity index (χ2v) is 7.92. The van der Waals surface area contributed by atoms with E-state index < -0.39 is 35.8 Å². The van der Waals surface area contributed by atoms with Crippen LogP contribution < -0.4 is 5.32 Å². The van der Waals surface area contributed by atoms with Crippen LogP contribution in [0.5, 0.6) is 0 Å². The standard InChI is InChI=1S/C26H20F3NO4/c27-26(28,29)18-11-9-15(10-12-18)23(31)24(32)30-22(25(33)34)14-21-19-7-3-1-5-16(19)13-17-6-2-4-8-20(17)21/h1-13,22-23,31H,14H2,(H,30,32)(H,33,34)/t22-,23-/m1/s1. The van der Waals surface area contributed by atoms with Crippen LogP contribution in [0.3, 0.4) is 0 Å². The monoisotopic (exact) mass is 467 g/mol. The Kier molecular flexibility index (Phi) is 6.26. The van der Waals surface area contributed by atoms with Gasteiger partial charge in [-0.15, -0.1) is 0 Å². The third-order valence-electron chi connectivity index (χ3n) is 5.71. The lowest BCUT2D eigenvalue weighted by atomic mass is 9.92. The highest BCUT2D eigenvalue weighted by molar-refractivity contribution is 6.02. The fourth-order valence-corrected chi connectivity index (χ4v) is 3.99. The molecule has 0 aliphatic carbocycles. The zero-order valence-electron chi connectivity index (χ0n) is 17.7. The van der Waals surface area contributed by atoms with Crippen molar-refractivity contribution in [2.24, 2.45) is 0 Å². The van der Waals surface area contributed by atoms with E-state index in [9.17, 15) is 33.0 Å². The number of hydrogen-bond acceptors (Lipinski definition) is 3. The molecule has 0 heterocycles. The lowest BCUT2D eigenvalue weighted by Gasteiger charge is -2.20. The van der Waals surface area contributed by atoms with E-state index in [1.54, 1.807) is 0 Å². The van der Waals surface area contributed by atoms with Gasteiger partial charge in [0.2, 0.25) is 0 Å². The smallest absolute Gasteiger partial charge is 0.416 e. The van der Waals surface area contributed by atoms with Crippen molar-refractivity contribution in [2.45, 2.75) is 24.7 Å². The van der Waals surface area contributed by atoms with Crippen LogP contribution in [0, 0.1) is 0 Å². The molecule has 3 N–H and O–H groups in total. The zero-order valence-corrected chi connectivity index (χ0v) is 17.7. The molecule has 0 spiro atoms. The van der Waals surface area contributed by atoms with E-state index in [2.05, 4.69) is 5.32 Å². The summed E-state index contributed by atoms with van der Waals surface area (Å²) in [5.41, 5.74) is -0.272. The number of carbonyl (C=O) groups excluding carboxylic acids is 1. The summed E-state index contributed by atoms with van der Waals surface area (Å²) in [5, 5.41) is 26.0. The predicted octanol–water partition coefficient (Wildman–Crippen LogP) is 4.86. The summed E-state index contributed by atoms with van der Waals surface area (Å²) in [6.45, 7) is 0. The number of aliphatic carboxylic acids is 1. The van der Waals surface area contributed by atoms with Crippen molar-refractivity contribution in [3.63, 3.8) is 0 Å². The minimum Gasteiger partial charge on any atom is -0.480 e. The van der Waals surface area contributed by atoms with Gasteiger partial charge in [-0.1, -0.05) is 60.7 Å². The SMILES string of the molecule is O=C(O)[C@@H](Cc1c2ccccc2cc2ccccc12)NC(=O)[C@H](O)c1ccc(C(F)(F)F)cc1. The average molecular weight is 467 g/mol. The normalized spacial score (nSPS) is 13.5. The topological polar surface area (TPSA) is 86.6 Å². The van der Waals surface area contributed by atoms with Gasteiger partial charge in [0.05, 0.1) is 5.56 Å². The van der Waals surface area contributed by atoms with Gasteiger partial charge in [0, 0.05) is 6.42 Å². The minimum absolute atomic E-state index is 0.0529. The first-order valence-corrected chi connectivity index (χ1v) is 10.4. The number of aliphatic hydroxyl groups excluding tert-OH is 1. The number of aliphatic hydroxyl groups is 1. The van der Waals surface area contributed by atoms with Crippen molar-refractivity contribution in [1.29, 1.82) is 0 Å². The second kappa shape index (κ2) is 9.15. The number of amides is 1. The van der Waals surface area contributed by atoms with Crippen molar-refractivity contribution < 1.29 is 33.0 Å². The molecule has 0 aliphatic heterocycles. The van der Waals surface area contributed by atoms with Gasteiger partial charge >= 0.3 is 12.1 Å². The Bertz CT molecular complexity index is 1310. The number of nitrogens with one attached hydrogen (secondary N) is 1. The Morgan fingerprint density at radius 2 is 1.38 bits per heavy atom. The number of carboxylic acids is 1. The number of fused-ring (bicyclic) bond motifs is 2. The van der Waals surface area contributed by atoms with E-state index >= 15 is 0 Å². The Hall–Kier alpha value is -3.91. The molecule has 1 amide bonds. The third-order valence-corrected chi connectivity index (χ3v) is 5.71. The molecule has 0 bridgehead atoms. The van der Waals surface area contributed by atoms with E-state index in [0.29, 0.717) is 0 Å². The fraction of sp³-hybridized carbons (Fsp3) is 0.154. The van der Waals surface area contributed by atoms with E-state index in [1.807, 2.05) is 54.6 Å². The van der Waals surface area contributed by atoms with Gasteiger partial charge in [-0.25, -0.2) is 4.79 Å².